The molecule has 11 heteroatoms. The molecule has 1 spiro atoms. The van der Waals surface area contributed by atoms with Gasteiger partial charge in [-0.15, -0.1) is 0 Å². The number of ether oxygens (including phenoxy) is 1. The van der Waals surface area contributed by atoms with Crippen LogP contribution in [-0.4, -0.2) is 69.4 Å². The van der Waals surface area contributed by atoms with Gasteiger partial charge in [0.05, 0.1) is 5.60 Å². The molecule has 2 aliphatic rings. The first-order chi connectivity index (χ1) is 13.1. The number of halogens is 3. The van der Waals surface area contributed by atoms with Crippen molar-refractivity contribution in [1.29, 1.82) is 0 Å². The zero-order valence-electron chi connectivity index (χ0n) is 15.4. The number of carbonyl (C=O) groups excluding carboxylic acids is 1. The van der Waals surface area contributed by atoms with Crippen molar-refractivity contribution in [3.8, 4) is 0 Å². The lowest BCUT2D eigenvalue weighted by atomic mass is 9.89. The third-order valence-corrected chi connectivity index (χ3v) is 4.61. The standard InChI is InChI=1S/C15H22N4O2.C2HF3O2/c1-2-13(20)19-8-5-15(11-19)10-12(4-9-21-15)18-14-16-6-3-7-17-14;3-2(4,5)1(6)7/h3,6-7,12H,2,4-5,8-11H2,1H3,(H,16,17,18);(H,6,7)/t12-,15+;/m0./s1. The van der Waals surface area contributed by atoms with Gasteiger partial charge >= 0.3 is 12.1 Å². The van der Waals surface area contributed by atoms with Crippen LogP contribution in [0.15, 0.2) is 18.5 Å². The predicted octanol–water partition coefficient (Wildman–Crippen LogP) is 2.08. The van der Waals surface area contributed by atoms with E-state index in [4.69, 9.17) is 14.6 Å². The molecular weight excluding hydrogens is 381 g/mol. The van der Waals surface area contributed by atoms with Crippen molar-refractivity contribution in [2.75, 3.05) is 25.0 Å². The second-order valence-corrected chi connectivity index (χ2v) is 6.66. The third kappa shape index (κ3) is 6.04. The summed E-state index contributed by atoms with van der Waals surface area (Å²) in [7, 11) is 0. The number of hydrogen-bond acceptors (Lipinski definition) is 6. The summed E-state index contributed by atoms with van der Waals surface area (Å²) < 4.78 is 37.8. The van der Waals surface area contributed by atoms with Gasteiger partial charge in [-0.3, -0.25) is 4.79 Å². The Balaban J connectivity index is 0.000000345. The molecular formula is C17H23F3N4O4. The summed E-state index contributed by atoms with van der Waals surface area (Å²) in [4.78, 5) is 31.1. The van der Waals surface area contributed by atoms with Crippen molar-refractivity contribution in [3.63, 3.8) is 0 Å². The van der Waals surface area contributed by atoms with Crippen LogP contribution in [0.4, 0.5) is 19.1 Å². The van der Waals surface area contributed by atoms with Gasteiger partial charge in [0, 0.05) is 44.6 Å². The lowest BCUT2D eigenvalue weighted by Gasteiger charge is -2.38. The van der Waals surface area contributed by atoms with Gasteiger partial charge < -0.3 is 20.1 Å². The van der Waals surface area contributed by atoms with E-state index in [1.54, 1.807) is 12.4 Å². The Morgan fingerprint density at radius 3 is 2.61 bits per heavy atom. The number of nitrogens with zero attached hydrogens (tertiary/aromatic N) is 3. The van der Waals surface area contributed by atoms with Crippen LogP contribution in [0.25, 0.3) is 0 Å². The number of carbonyl (C=O) groups is 2. The van der Waals surface area contributed by atoms with E-state index in [9.17, 15) is 18.0 Å². The second kappa shape index (κ2) is 9.18. The lowest BCUT2D eigenvalue weighted by molar-refractivity contribution is -0.192. The Morgan fingerprint density at radius 1 is 1.39 bits per heavy atom. The number of carboxylic acids is 1. The molecule has 1 amide bonds. The van der Waals surface area contributed by atoms with Crippen LogP contribution < -0.4 is 5.32 Å². The SMILES string of the molecule is CCC(=O)N1CC[C@@]2(C[C@@H](Nc3ncccn3)CCO2)C1.O=C(O)C(F)(F)F. The van der Waals surface area contributed by atoms with Gasteiger partial charge in [0.1, 0.15) is 0 Å². The predicted molar refractivity (Wildman–Crippen MR) is 92.5 cm³/mol. The molecule has 2 N–H and O–H groups in total. The molecule has 0 radical (unpaired) electrons. The first-order valence-electron chi connectivity index (χ1n) is 8.90. The number of alkyl halides is 3. The molecule has 0 bridgehead atoms. The van der Waals surface area contributed by atoms with Crippen molar-refractivity contribution in [2.24, 2.45) is 0 Å². The van der Waals surface area contributed by atoms with Crippen LogP contribution in [0.5, 0.6) is 0 Å². The van der Waals surface area contributed by atoms with Crippen molar-refractivity contribution in [1.82, 2.24) is 14.9 Å². The zero-order valence-corrected chi connectivity index (χ0v) is 15.4. The van der Waals surface area contributed by atoms with E-state index in [1.807, 2.05) is 17.9 Å². The highest BCUT2D eigenvalue weighted by atomic mass is 19.4. The van der Waals surface area contributed by atoms with Gasteiger partial charge in [0.25, 0.3) is 0 Å². The largest absolute Gasteiger partial charge is 0.490 e. The van der Waals surface area contributed by atoms with Crippen molar-refractivity contribution in [3.05, 3.63) is 18.5 Å². The normalized spacial score (nSPS) is 24.4. The first kappa shape index (κ1) is 21.9. The molecule has 3 heterocycles. The van der Waals surface area contributed by atoms with E-state index in [0.717, 1.165) is 32.4 Å². The number of nitrogens with one attached hydrogen (secondary N) is 1. The molecule has 8 nitrogen and oxygen atoms in total. The summed E-state index contributed by atoms with van der Waals surface area (Å²) in [5.74, 6) is -1.87. The van der Waals surface area contributed by atoms with Gasteiger partial charge in [-0.2, -0.15) is 13.2 Å². The quantitative estimate of drug-likeness (QED) is 0.795. The summed E-state index contributed by atoms with van der Waals surface area (Å²) in [6.45, 7) is 4.15. The number of rotatable bonds is 3. The van der Waals surface area contributed by atoms with E-state index in [1.165, 1.54) is 0 Å². The van der Waals surface area contributed by atoms with Crippen molar-refractivity contribution < 1.29 is 32.6 Å². The number of aromatic nitrogens is 2. The Kier molecular flexibility index (Phi) is 7.17. The molecule has 156 valence electrons. The number of aliphatic carboxylic acids is 1. The van der Waals surface area contributed by atoms with Crippen LogP contribution in [-0.2, 0) is 14.3 Å². The van der Waals surface area contributed by atoms with Gasteiger partial charge in [0.15, 0.2) is 0 Å². The van der Waals surface area contributed by atoms with Crippen LogP contribution in [0.1, 0.15) is 32.6 Å². The topological polar surface area (TPSA) is 105 Å². The van der Waals surface area contributed by atoms with Crippen LogP contribution in [0.2, 0.25) is 0 Å². The van der Waals surface area contributed by atoms with Gasteiger partial charge in [-0.25, -0.2) is 14.8 Å². The summed E-state index contributed by atoms with van der Waals surface area (Å²) in [5, 5.41) is 10.5. The third-order valence-electron chi connectivity index (χ3n) is 4.61. The highest BCUT2D eigenvalue weighted by Gasteiger charge is 2.44. The highest BCUT2D eigenvalue weighted by Crippen LogP contribution is 2.35. The molecule has 3 rings (SSSR count). The van der Waals surface area contributed by atoms with Crippen LogP contribution in [0, 0.1) is 0 Å². The fraction of sp³-hybridized carbons (Fsp3) is 0.647. The summed E-state index contributed by atoms with van der Waals surface area (Å²) >= 11 is 0. The van der Waals surface area contributed by atoms with E-state index in [0.29, 0.717) is 25.0 Å². The van der Waals surface area contributed by atoms with E-state index in [2.05, 4.69) is 15.3 Å². The molecule has 1 aromatic rings. The molecule has 0 aromatic carbocycles. The number of hydrogen-bond donors (Lipinski definition) is 2. The maximum Gasteiger partial charge on any atom is 0.490 e. The lowest BCUT2D eigenvalue weighted by Crippen LogP contribution is -2.47. The van der Waals surface area contributed by atoms with E-state index >= 15 is 0 Å². The molecule has 1 aromatic heterocycles. The Morgan fingerprint density at radius 2 is 2.04 bits per heavy atom. The molecule has 28 heavy (non-hydrogen) atoms. The maximum absolute atomic E-state index is 11.8. The Hall–Kier alpha value is -2.43. The highest BCUT2D eigenvalue weighted by molar-refractivity contribution is 5.76. The number of amides is 1. The summed E-state index contributed by atoms with van der Waals surface area (Å²) in [5.41, 5.74) is -0.185. The number of carboxylic acid groups (broad SMARTS) is 1. The average Bonchev–Trinajstić information content (AvgIpc) is 3.05. The second-order valence-electron chi connectivity index (χ2n) is 6.66. The fourth-order valence-corrected chi connectivity index (χ4v) is 3.27. The van der Waals surface area contributed by atoms with Crippen LogP contribution in [0.3, 0.4) is 0 Å². The van der Waals surface area contributed by atoms with Crippen molar-refractivity contribution in [2.45, 2.75) is 50.4 Å². The molecule has 0 aliphatic carbocycles. The Labute approximate surface area is 160 Å². The monoisotopic (exact) mass is 404 g/mol. The average molecular weight is 404 g/mol. The minimum atomic E-state index is -5.08. The minimum Gasteiger partial charge on any atom is -0.475 e. The van der Waals surface area contributed by atoms with E-state index in [-0.39, 0.29) is 11.5 Å². The van der Waals surface area contributed by atoms with Crippen LogP contribution >= 0.6 is 0 Å². The molecule has 0 unspecified atom stereocenters. The molecule has 0 saturated carbocycles. The van der Waals surface area contributed by atoms with E-state index < -0.39 is 12.1 Å². The molecule has 2 atom stereocenters. The zero-order chi connectivity index (χ0) is 20.8. The number of anilines is 1. The smallest absolute Gasteiger partial charge is 0.475 e. The Bertz CT molecular complexity index is 674. The van der Waals surface area contributed by atoms with Gasteiger partial charge in [0.2, 0.25) is 11.9 Å². The summed E-state index contributed by atoms with van der Waals surface area (Å²) in [6.07, 6.45) is 1.73. The maximum atomic E-state index is 11.8. The number of likely N-dealkylation sites (tertiary alicyclic amines) is 1. The van der Waals surface area contributed by atoms with Gasteiger partial charge in [-0.05, 0) is 25.3 Å². The van der Waals surface area contributed by atoms with Gasteiger partial charge in [-0.1, -0.05) is 6.92 Å². The molecule has 2 saturated heterocycles. The van der Waals surface area contributed by atoms with Crippen molar-refractivity contribution >= 4 is 17.8 Å². The fourth-order valence-electron chi connectivity index (χ4n) is 3.27. The minimum absolute atomic E-state index is 0.185. The molecule has 2 aliphatic heterocycles. The summed E-state index contributed by atoms with van der Waals surface area (Å²) in [6, 6.07) is 2.11. The first-order valence-corrected chi connectivity index (χ1v) is 8.90. The molecule has 2 fully saturated rings.